The zero-order chi connectivity index (χ0) is 18.6. The van der Waals surface area contributed by atoms with Crippen molar-refractivity contribution in [2.45, 2.75) is 18.9 Å². The molecule has 4 rings (SSSR count). The molecule has 0 saturated carbocycles. The molecule has 2 heterocycles. The molecule has 7 heteroatoms. The quantitative estimate of drug-likeness (QED) is 0.691. The Hall–Kier alpha value is -3.06. The van der Waals surface area contributed by atoms with Crippen molar-refractivity contribution in [1.82, 2.24) is 9.97 Å². The van der Waals surface area contributed by atoms with E-state index >= 15 is 0 Å². The average Bonchev–Trinajstić information content (AvgIpc) is 3.19. The van der Waals surface area contributed by atoms with Gasteiger partial charge < -0.3 is 14.8 Å². The number of halogens is 1. The molecule has 1 atom stereocenters. The van der Waals surface area contributed by atoms with E-state index in [1.807, 2.05) is 12.1 Å². The molecule has 0 aliphatic carbocycles. The van der Waals surface area contributed by atoms with Crippen molar-refractivity contribution >= 4 is 28.5 Å². The van der Waals surface area contributed by atoms with E-state index in [0.29, 0.717) is 23.3 Å². The first-order valence-electron chi connectivity index (χ1n) is 8.77. The van der Waals surface area contributed by atoms with Gasteiger partial charge in [-0.2, -0.15) is 0 Å². The highest BCUT2D eigenvalue weighted by atomic mass is 19.1. The van der Waals surface area contributed by atoms with Crippen molar-refractivity contribution in [2.75, 3.05) is 18.5 Å². The molecular formula is C20H18FN3O3. The minimum absolute atomic E-state index is 0.0518. The number of nitrogens with zero attached hydrogens (tertiary/aromatic N) is 2. The van der Waals surface area contributed by atoms with Crippen molar-refractivity contribution in [3.8, 4) is 0 Å². The molecule has 0 bridgehead atoms. The van der Waals surface area contributed by atoms with E-state index in [0.717, 1.165) is 12.8 Å². The summed E-state index contributed by atoms with van der Waals surface area (Å²) in [5.41, 5.74) is 1.71. The van der Waals surface area contributed by atoms with E-state index in [2.05, 4.69) is 15.3 Å². The van der Waals surface area contributed by atoms with Crippen LogP contribution in [0.5, 0.6) is 0 Å². The van der Waals surface area contributed by atoms with E-state index in [9.17, 15) is 9.18 Å². The summed E-state index contributed by atoms with van der Waals surface area (Å²) in [7, 11) is 0. The van der Waals surface area contributed by atoms with E-state index in [-0.39, 0.29) is 24.2 Å². The lowest BCUT2D eigenvalue weighted by atomic mass is 10.2. The molecule has 1 aliphatic heterocycles. The topological polar surface area (TPSA) is 73.3 Å². The maximum atomic E-state index is 13.5. The Morgan fingerprint density at radius 1 is 1.19 bits per heavy atom. The highest BCUT2D eigenvalue weighted by molar-refractivity contribution is 5.96. The number of aromatic nitrogens is 2. The third-order valence-corrected chi connectivity index (χ3v) is 4.28. The van der Waals surface area contributed by atoms with Crippen LogP contribution in [0.15, 0.2) is 48.5 Å². The SMILES string of the molecule is O=C(OC[C@@H]1CCCO1)c1nc2ccccc2nc1Nc1cccc(F)c1. The van der Waals surface area contributed by atoms with Crippen LogP contribution in [-0.4, -0.2) is 35.3 Å². The number of para-hydroxylation sites is 2. The molecule has 0 unspecified atom stereocenters. The van der Waals surface area contributed by atoms with Gasteiger partial charge in [0.1, 0.15) is 12.4 Å². The van der Waals surface area contributed by atoms with Gasteiger partial charge in [-0.05, 0) is 43.2 Å². The first-order valence-corrected chi connectivity index (χ1v) is 8.77. The Bertz CT molecular complexity index is 974. The zero-order valence-corrected chi connectivity index (χ0v) is 14.5. The first kappa shape index (κ1) is 17.4. The lowest BCUT2D eigenvalue weighted by Gasteiger charge is -2.13. The summed E-state index contributed by atoms with van der Waals surface area (Å²) >= 11 is 0. The smallest absolute Gasteiger partial charge is 0.360 e. The van der Waals surface area contributed by atoms with Gasteiger partial charge in [-0.25, -0.2) is 19.2 Å². The van der Waals surface area contributed by atoms with Crippen LogP contribution in [0.3, 0.4) is 0 Å². The first-order chi connectivity index (χ1) is 13.2. The third-order valence-electron chi connectivity index (χ3n) is 4.28. The number of esters is 1. The monoisotopic (exact) mass is 367 g/mol. The second-order valence-electron chi connectivity index (χ2n) is 6.28. The van der Waals surface area contributed by atoms with Gasteiger partial charge in [-0.15, -0.1) is 0 Å². The predicted octanol–water partition coefficient (Wildman–Crippen LogP) is 3.85. The summed E-state index contributed by atoms with van der Waals surface area (Å²) in [5, 5.41) is 2.97. The van der Waals surface area contributed by atoms with Gasteiger partial charge >= 0.3 is 5.97 Å². The second kappa shape index (κ2) is 7.67. The Balaban J connectivity index is 1.64. The molecule has 1 aromatic heterocycles. The number of fused-ring (bicyclic) bond motifs is 1. The number of nitrogens with one attached hydrogen (secondary N) is 1. The van der Waals surface area contributed by atoms with Crippen LogP contribution in [0.2, 0.25) is 0 Å². The summed E-state index contributed by atoms with van der Waals surface area (Å²) in [6.45, 7) is 0.858. The minimum atomic E-state index is -0.595. The van der Waals surface area contributed by atoms with Crippen LogP contribution in [0.25, 0.3) is 11.0 Å². The average molecular weight is 367 g/mol. The number of hydrogen-bond donors (Lipinski definition) is 1. The molecule has 0 amide bonds. The molecule has 138 valence electrons. The lowest BCUT2D eigenvalue weighted by molar-refractivity contribution is 0.0157. The molecule has 0 spiro atoms. The number of anilines is 2. The highest BCUT2D eigenvalue weighted by Crippen LogP contribution is 2.23. The standard InChI is InChI=1S/C20H18FN3O3/c21-13-5-3-6-14(11-13)22-19-18(20(25)27-12-15-7-4-10-26-15)23-16-8-1-2-9-17(16)24-19/h1-3,5-6,8-9,11,15H,4,7,10,12H2,(H,22,24)/t15-/m0/s1. The Kier molecular flexibility index (Phi) is 4.93. The van der Waals surface area contributed by atoms with Crippen LogP contribution in [0.1, 0.15) is 23.3 Å². The largest absolute Gasteiger partial charge is 0.458 e. The van der Waals surface area contributed by atoms with Crippen molar-refractivity contribution in [2.24, 2.45) is 0 Å². The van der Waals surface area contributed by atoms with Gasteiger partial charge in [0.2, 0.25) is 0 Å². The van der Waals surface area contributed by atoms with Gasteiger partial charge in [0.15, 0.2) is 11.5 Å². The molecule has 1 N–H and O–H groups in total. The Labute approximate surface area is 155 Å². The van der Waals surface area contributed by atoms with Crippen LogP contribution in [0, 0.1) is 5.82 Å². The maximum Gasteiger partial charge on any atom is 0.360 e. The van der Waals surface area contributed by atoms with E-state index in [1.165, 1.54) is 12.1 Å². The zero-order valence-electron chi connectivity index (χ0n) is 14.5. The summed E-state index contributed by atoms with van der Waals surface area (Å²) in [5.74, 6) is -0.768. The molecule has 1 fully saturated rings. The van der Waals surface area contributed by atoms with Gasteiger partial charge in [0.25, 0.3) is 0 Å². The number of benzene rings is 2. The maximum absolute atomic E-state index is 13.5. The van der Waals surface area contributed by atoms with Crippen molar-refractivity contribution in [1.29, 1.82) is 0 Å². The fraction of sp³-hybridized carbons (Fsp3) is 0.250. The number of carbonyl (C=O) groups excluding carboxylic acids is 1. The Morgan fingerprint density at radius 2 is 2.00 bits per heavy atom. The minimum Gasteiger partial charge on any atom is -0.458 e. The van der Waals surface area contributed by atoms with E-state index in [1.54, 1.807) is 24.3 Å². The summed E-state index contributed by atoms with van der Waals surface area (Å²) in [6, 6.07) is 13.1. The molecular weight excluding hydrogens is 349 g/mol. The number of ether oxygens (including phenoxy) is 2. The molecule has 3 aromatic rings. The van der Waals surface area contributed by atoms with Gasteiger partial charge in [-0.3, -0.25) is 0 Å². The number of hydrogen-bond acceptors (Lipinski definition) is 6. The van der Waals surface area contributed by atoms with E-state index < -0.39 is 11.8 Å². The van der Waals surface area contributed by atoms with Crippen LogP contribution >= 0.6 is 0 Å². The number of rotatable bonds is 5. The fourth-order valence-electron chi connectivity index (χ4n) is 2.95. The van der Waals surface area contributed by atoms with Crippen LogP contribution < -0.4 is 5.32 Å². The van der Waals surface area contributed by atoms with Crippen LogP contribution in [0.4, 0.5) is 15.9 Å². The van der Waals surface area contributed by atoms with Gasteiger partial charge in [0.05, 0.1) is 17.1 Å². The molecule has 2 aromatic carbocycles. The van der Waals surface area contributed by atoms with Gasteiger partial charge in [0, 0.05) is 12.3 Å². The molecule has 6 nitrogen and oxygen atoms in total. The highest BCUT2D eigenvalue weighted by Gasteiger charge is 2.22. The molecule has 0 radical (unpaired) electrons. The van der Waals surface area contributed by atoms with Crippen LogP contribution in [-0.2, 0) is 9.47 Å². The summed E-state index contributed by atoms with van der Waals surface area (Å²) in [6.07, 6.45) is 1.75. The van der Waals surface area contributed by atoms with Crippen molar-refractivity contribution in [3.05, 3.63) is 60.0 Å². The van der Waals surface area contributed by atoms with E-state index in [4.69, 9.17) is 9.47 Å². The lowest BCUT2D eigenvalue weighted by Crippen LogP contribution is -2.19. The predicted molar refractivity (Wildman–Crippen MR) is 98.5 cm³/mol. The molecule has 1 aliphatic rings. The van der Waals surface area contributed by atoms with Crippen molar-refractivity contribution < 1.29 is 18.7 Å². The third kappa shape index (κ3) is 4.03. The molecule has 1 saturated heterocycles. The number of carbonyl (C=O) groups is 1. The normalized spacial score (nSPS) is 16.4. The van der Waals surface area contributed by atoms with Crippen molar-refractivity contribution in [3.63, 3.8) is 0 Å². The summed E-state index contributed by atoms with van der Waals surface area (Å²) < 4.78 is 24.4. The second-order valence-corrected chi connectivity index (χ2v) is 6.28. The molecule has 27 heavy (non-hydrogen) atoms. The fourth-order valence-corrected chi connectivity index (χ4v) is 2.95. The van der Waals surface area contributed by atoms with Gasteiger partial charge in [-0.1, -0.05) is 18.2 Å². The summed E-state index contributed by atoms with van der Waals surface area (Å²) in [4.78, 5) is 21.5. The Morgan fingerprint density at radius 3 is 2.74 bits per heavy atom.